The van der Waals surface area contributed by atoms with E-state index in [0.717, 1.165) is 18.0 Å². The molecule has 20 heavy (non-hydrogen) atoms. The summed E-state index contributed by atoms with van der Waals surface area (Å²) in [5, 5.41) is 3.69. The third-order valence-electron chi connectivity index (χ3n) is 4.28. The lowest BCUT2D eigenvalue weighted by Gasteiger charge is -2.39. The number of fused-ring (bicyclic) bond motifs is 1. The monoisotopic (exact) mass is 293 g/mol. The highest BCUT2D eigenvalue weighted by Gasteiger charge is 2.33. The van der Waals surface area contributed by atoms with Gasteiger partial charge in [0.1, 0.15) is 12.7 Å². The molecule has 2 atom stereocenters. The molecule has 0 aromatic heterocycles. The summed E-state index contributed by atoms with van der Waals surface area (Å²) < 4.78 is 11.8. The maximum Gasteiger partial charge on any atom is 0.161 e. The highest BCUT2D eigenvalue weighted by atomic mass is 32.2. The third kappa shape index (κ3) is 3.07. The molecule has 1 N–H and O–H groups in total. The van der Waals surface area contributed by atoms with E-state index in [-0.39, 0.29) is 6.10 Å². The molecule has 0 bridgehead atoms. The molecule has 0 amide bonds. The van der Waals surface area contributed by atoms with Gasteiger partial charge >= 0.3 is 0 Å². The fourth-order valence-corrected chi connectivity index (χ4v) is 4.35. The van der Waals surface area contributed by atoms with Gasteiger partial charge in [0.25, 0.3) is 0 Å². The summed E-state index contributed by atoms with van der Waals surface area (Å²) in [6.07, 6.45) is 1.38. The fourth-order valence-electron chi connectivity index (χ4n) is 2.71. The molecule has 4 heteroatoms. The lowest BCUT2D eigenvalue weighted by atomic mass is 9.82. The first kappa shape index (κ1) is 14.1. The van der Waals surface area contributed by atoms with Crippen molar-refractivity contribution in [2.75, 3.05) is 24.7 Å². The van der Waals surface area contributed by atoms with E-state index in [1.165, 1.54) is 17.9 Å². The topological polar surface area (TPSA) is 30.5 Å². The minimum Gasteiger partial charge on any atom is -0.486 e. The zero-order valence-electron chi connectivity index (χ0n) is 12.2. The number of hydrogen-bond donors (Lipinski definition) is 1. The number of hydrogen-bond acceptors (Lipinski definition) is 4. The summed E-state index contributed by atoms with van der Waals surface area (Å²) in [7, 11) is 0. The molecule has 2 heterocycles. The lowest BCUT2D eigenvalue weighted by molar-refractivity contribution is 0.0833. The predicted molar refractivity (Wildman–Crippen MR) is 83.9 cm³/mol. The first-order valence-corrected chi connectivity index (χ1v) is 8.50. The van der Waals surface area contributed by atoms with Gasteiger partial charge in [0.05, 0.1) is 0 Å². The zero-order valence-corrected chi connectivity index (χ0v) is 13.0. The second-order valence-electron chi connectivity index (χ2n) is 6.27. The number of ether oxygens (including phenoxy) is 2. The Balaban J connectivity index is 1.55. The Labute approximate surface area is 125 Å². The SMILES string of the molecule is CC1(C)CCSCC1NCC1COc2ccccc2O1. The minimum atomic E-state index is 0.104. The average Bonchev–Trinajstić information content (AvgIpc) is 2.45. The Morgan fingerprint density at radius 1 is 1.30 bits per heavy atom. The quantitative estimate of drug-likeness (QED) is 0.928. The second kappa shape index (κ2) is 5.86. The molecule has 0 saturated carbocycles. The van der Waals surface area contributed by atoms with Crippen molar-refractivity contribution in [1.29, 1.82) is 0 Å². The standard InChI is InChI=1S/C16H23NO2S/c1-16(2)7-8-20-11-15(16)17-9-12-10-18-13-5-3-4-6-14(13)19-12/h3-6,12,15,17H,7-11H2,1-2H3. The van der Waals surface area contributed by atoms with E-state index in [0.29, 0.717) is 18.1 Å². The van der Waals surface area contributed by atoms with Crippen LogP contribution in [0.3, 0.4) is 0 Å². The molecule has 2 unspecified atom stereocenters. The van der Waals surface area contributed by atoms with Crippen molar-refractivity contribution < 1.29 is 9.47 Å². The van der Waals surface area contributed by atoms with Gasteiger partial charge in [-0.15, -0.1) is 0 Å². The van der Waals surface area contributed by atoms with Gasteiger partial charge in [-0.3, -0.25) is 0 Å². The van der Waals surface area contributed by atoms with Crippen molar-refractivity contribution in [3.63, 3.8) is 0 Å². The van der Waals surface area contributed by atoms with Gasteiger partial charge in [-0.1, -0.05) is 26.0 Å². The predicted octanol–water partition coefficient (Wildman–Crippen LogP) is 2.95. The van der Waals surface area contributed by atoms with Crippen LogP contribution in [-0.2, 0) is 0 Å². The van der Waals surface area contributed by atoms with Crippen molar-refractivity contribution >= 4 is 11.8 Å². The lowest BCUT2D eigenvalue weighted by Crippen LogP contribution is -2.50. The number of nitrogens with one attached hydrogen (secondary N) is 1. The normalized spacial score (nSPS) is 28.1. The molecular weight excluding hydrogens is 270 g/mol. The van der Waals surface area contributed by atoms with Gasteiger partial charge in [0.2, 0.25) is 0 Å². The van der Waals surface area contributed by atoms with Crippen LogP contribution in [0.15, 0.2) is 24.3 Å². The summed E-state index contributed by atoms with van der Waals surface area (Å²) in [6, 6.07) is 8.45. The molecule has 1 aromatic rings. The Morgan fingerprint density at radius 3 is 2.90 bits per heavy atom. The Morgan fingerprint density at radius 2 is 2.10 bits per heavy atom. The number of para-hydroxylation sites is 2. The maximum atomic E-state index is 6.00. The Bertz CT molecular complexity index is 464. The summed E-state index contributed by atoms with van der Waals surface area (Å²) in [6.45, 7) is 6.20. The van der Waals surface area contributed by atoms with Crippen LogP contribution in [-0.4, -0.2) is 36.8 Å². The summed E-state index contributed by atoms with van der Waals surface area (Å²) >= 11 is 2.05. The first-order chi connectivity index (χ1) is 9.65. The van der Waals surface area contributed by atoms with Crippen LogP contribution in [0.4, 0.5) is 0 Å². The molecule has 2 aliphatic rings. The molecule has 110 valence electrons. The molecule has 0 radical (unpaired) electrons. The molecule has 0 aliphatic carbocycles. The van der Waals surface area contributed by atoms with Crippen molar-refractivity contribution in [3.8, 4) is 11.5 Å². The third-order valence-corrected chi connectivity index (χ3v) is 5.34. The number of benzene rings is 1. The zero-order chi connectivity index (χ0) is 14.0. The van der Waals surface area contributed by atoms with E-state index in [9.17, 15) is 0 Å². The van der Waals surface area contributed by atoms with Crippen molar-refractivity contribution in [2.45, 2.75) is 32.4 Å². The first-order valence-electron chi connectivity index (χ1n) is 7.35. The fraction of sp³-hybridized carbons (Fsp3) is 0.625. The Kier molecular flexibility index (Phi) is 4.13. The molecular formula is C16H23NO2S. The van der Waals surface area contributed by atoms with E-state index in [1.807, 2.05) is 36.0 Å². The average molecular weight is 293 g/mol. The van der Waals surface area contributed by atoms with Gasteiger partial charge in [-0.2, -0.15) is 11.8 Å². The molecule has 1 aromatic carbocycles. The minimum absolute atomic E-state index is 0.104. The van der Waals surface area contributed by atoms with E-state index in [4.69, 9.17) is 9.47 Å². The van der Waals surface area contributed by atoms with Crippen molar-refractivity contribution in [1.82, 2.24) is 5.32 Å². The summed E-state index contributed by atoms with van der Waals surface area (Å²) in [5.41, 5.74) is 0.374. The molecule has 1 saturated heterocycles. The smallest absolute Gasteiger partial charge is 0.161 e. The number of thioether (sulfide) groups is 1. The summed E-state index contributed by atoms with van der Waals surface area (Å²) in [4.78, 5) is 0. The van der Waals surface area contributed by atoms with Crippen LogP contribution in [0.2, 0.25) is 0 Å². The van der Waals surface area contributed by atoms with Crippen LogP contribution >= 0.6 is 11.8 Å². The van der Waals surface area contributed by atoms with Crippen LogP contribution in [0, 0.1) is 5.41 Å². The largest absolute Gasteiger partial charge is 0.486 e. The highest BCUT2D eigenvalue weighted by Crippen LogP contribution is 2.34. The number of rotatable bonds is 3. The molecule has 0 spiro atoms. The molecule has 2 aliphatic heterocycles. The molecule has 3 rings (SSSR count). The van der Waals surface area contributed by atoms with Crippen molar-refractivity contribution in [2.24, 2.45) is 5.41 Å². The maximum absolute atomic E-state index is 6.00. The van der Waals surface area contributed by atoms with Crippen LogP contribution < -0.4 is 14.8 Å². The van der Waals surface area contributed by atoms with Gasteiger partial charge < -0.3 is 14.8 Å². The van der Waals surface area contributed by atoms with E-state index in [1.54, 1.807) is 0 Å². The van der Waals surface area contributed by atoms with E-state index < -0.39 is 0 Å². The van der Waals surface area contributed by atoms with Crippen LogP contribution in [0.5, 0.6) is 11.5 Å². The molecule has 1 fully saturated rings. The van der Waals surface area contributed by atoms with Crippen molar-refractivity contribution in [3.05, 3.63) is 24.3 Å². The van der Waals surface area contributed by atoms with Crippen LogP contribution in [0.1, 0.15) is 20.3 Å². The van der Waals surface area contributed by atoms with Gasteiger partial charge in [0.15, 0.2) is 11.5 Å². The Hall–Kier alpha value is -0.870. The second-order valence-corrected chi connectivity index (χ2v) is 7.42. The highest BCUT2D eigenvalue weighted by molar-refractivity contribution is 7.99. The van der Waals surface area contributed by atoms with Crippen LogP contribution in [0.25, 0.3) is 0 Å². The van der Waals surface area contributed by atoms with Gasteiger partial charge in [-0.05, 0) is 29.7 Å². The molecule has 3 nitrogen and oxygen atoms in total. The van der Waals surface area contributed by atoms with Gasteiger partial charge in [-0.25, -0.2) is 0 Å². The van der Waals surface area contributed by atoms with E-state index in [2.05, 4.69) is 19.2 Å². The van der Waals surface area contributed by atoms with E-state index >= 15 is 0 Å². The summed E-state index contributed by atoms with van der Waals surface area (Å²) in [5.74, 6) is 4.19. The van der Waals surface area contributed by atoms with Gasteiger partial charge in [0, 0.05) is 18.3 Å².